The highest BCUT2D eigenvalue weighted by Crippen LogP contribution is 2.22. The molecule has 0 aliphatic rings. The van der Waals surface area contributed by atoms with E-state index in [4.69, 9.17) is 4.42 Å². The third kappa shape index (κ3) is 1.53. The van der Waals surface area contributed by atoms with Crippen LogP contribution in [0.5, 0.6) is 0 Å². The lowest BCUT2D eigenvalue weighted by molar-refractivity contribution is -0.112. The SMILES string of the molecule is CC(C(=O)S)c1nc2ccccc2o1. The van der Waals surface area contributed by atoms with Gasteiger partial charge in [0.15, 0.2) is 10.7 Å². The lowest BCUT2D eigenvalue weighted by atomic mass is 10.2. The Bertz CT molecular complexity index is 445. The summed E-state index contributed by atoms with van der Waals surface area (Å²) in [6.07, 6.45) is 0. The van der Waals surface area contributed by atoms with Crippen LogP contribution in [0.25, 0.3) is 11.1 Å². The molecule has 1 aromatic carbocycles. The van der Waals surface area contributed by atoms with Crippen molar-refractivity contribution in [1.29, 1.82) is 0 Å². The van der Waals surface area contributed by atoms with Gasteiger partial charge >= 0.3 is 0 Å². The fourth-order valence-corrected chi connectivity index (χ4v) is 1.29. The molecule has 1 aromatic heterocycles. The number of oxazole rings is 1. The van der Waals surface area contributed by atoms with Crippen LogP contribution in [0.1, 0.15) is 18.7 Å². The van der Waals surface area contributed by atoms with Crippen LogP contribution in [0.3, 0.4) is 0 Å². The van der Waals surface area contributed by atoms with Crippen molar-refractivity contribution in [2.24, 2.45) is 0 Å². The maximum Gasteiger partial charge on any atom is 0.206 e. The van der Waals surface area contributed by atoms with Crippen LogP contribution in [0, 0.1) is 0 Å². The zero-order chi connectivity index (χ0) is 10.1. The Morgan fingerprint density at radius 2 is 2.21 bits per heavy atom. The number of fused-ring (bicyclic) bond motifs is 1. The summed E-state index contributed by atoms with van der Waals surface area (Å²) >= 11 is 3.75. The second kappa shape index (κ2) is 3.46. The number of hydrogen-bond acceptors (Lipinski definition) is 3. The molecule has 0 saturated carbocycles. The van der Waals surface area contributed by atoms with E-state index in [1.54, 1.807) is 6.92 Å². The number of hydrogen-bond donors (Lipinski definition) is 1. The van der Waals surface area contributed by atoms with Gasteiger partial charge in [0.25, 0.3) is 0 Å². The van der Waals surface area contributed by atoms with E-state index in [-0.39, 0.29) is 5.12 Å². The average molecular weight is 207 g/mol. The van der Waals surface area contributed by atoms with E-state index >= 15 is 0 Å². The largest absolute Gasteiger partial charge is 0.440 e. The molecule has 0 amide bonds. The quantitative estimate of drug-likeness (QED) is 0.769. The van der Waals surface area contributed by atoms with Crippen molar-refractivity contribution in [1.82, 2.24) is 4.98 Å². The number of para-hydroxylation sites is 2. The summed E-state index contributed by atoms with van der Waals surface area (Å²) in [5.41, 5.74) is 1.47. The van der Waals surface area contributed by atoms with Crippen LogP contribution < -0.4 is 0 Å². The molecule has 0 saturated heterocycles. The normalized spacial score (nSPS) is 13.0. The van der Waals surface area contributed by atoms with Gasteiger partial charge in [-0.1, -0.05) is 12.1 Å². The van der Waals surface area contributed by atoms with Crippen molar-refractivity contribution in [3.8, 4) is 0 Å². The smallest absolute Gasteiger partial charge is 0.206 e. The Balaban J connectivity index is 2.50. The molecule has 4 heteroatoms. The van der Waals surface area contributed by atoms with Crippen LogP contribution in [0.4, 0.5) is 0 Å². The van der Waals surface area contributed by atoms with Crippen molar-refractivity contribution < 1.29 is 9.21 Å². The molecule has 0 aliphatic carbocycles. The number of thiol groups is 1. The fraction of sp³-hybridized carbons (Fsp3) is 0.200. The second-order valence-electron chi connectivity index (χ2n) is 3.08. The number of rotatable bonds is 2. The summed E-state index contributed by atoms with van der Waals surface area (Å²) in [6.45, 7) is 1.72. The number of carbonyl (C=O) groups is 1. The summed E-state index contributed by atoms with van der Waals surface area (Å²) in [4.78, 5) is 15.2. The highest BCUT2D eigenvalue weighted by atomic mass is 32.1. The molecule has 3 nitrogen and oxygen atoms in total. The minimum absolute atomic E-state index is 0.239. The fourth-order valence-electron chi connectivity index (χ4n) is 1.18. The molecule has 1 unspecified atom stereocenters. The van der Waals surface area contributed by atoms with E-state index in [0.29, 0.717) is 11.5 Å². The first-order valence-corrected chi connectivity index (χ1v) is 4.71. The van der Waals surface area contributed by atoms with Gasteiger partial charge in [0.2, 0.25) is 5.89 Å². The number of carbonyl (C=O) groups excluding carboxylic acids is 1. The molecule has 1 atom stereocenters. The van der Waals surface area contributed by atoms with Crippen molar-refractivity contribution >= 4 is 28.8 Å². The van der Waals surface area contributed by atoms with Crippen LogP contribution in [0.15, 0.2) is 28.7 Å². The molecule has 0 spiro atoms. The predicted molar refractivity (Wildman–Crippen MR) is 56.4 cm³/mol. The van der Waals surface area contributed by atoms with E-state index in [1.165, 1.54) is 0 Å². The van der Waals surface area contributed by atoms with E-state index in [9.17, 15) is 4.79 Å². The first-order chi connectivity index (χ1) is 6.68. The van der Waals surface area contributed by atoms with Gasteiger partial charge in [-0.3, -0.25) is 4.79 Å². The second-order valence-corrected chi connectivity index (χ2v) is 3.52. The topological polar surface area (TPSA) is 43.1 Å². The molecule has 14 heavy (non-hydrogen) atoms. The van der Waals surface area contributed by atoms with Gasteiger partial charge in [-0.2, -0.15) is 0 Å². The highest BCUT2D eigenvalue weighted by Gasteiger charge is 2.17. The zero-order valence-corrected chi connectivity index (χ0v) is 8.49. The number of aromatic nitrogens is 1. The van der Waals surface area contributed by atoms with Crippen molar-refractivity contribution in [3.05, 3.63) is 30.2 Å². The summed E-state index contributed by atoms with van der Waals surface area (Å²) < 4.78 is 5.41. The highest BCUT2D eigenvalue weighted by molar-refractivity contribution is 7.96. The molecule has 0 N–H and O–H groups in total. The maximum atomic E-state index is 11.0. The standard InChI is InChI=1S/C10H9NO2S/c1-6(10(12)14)9-11-7-4-2-3-5-8(7)13-9/h2-6H,1H3,(H,12,14). The van der Waals surface area contributed by atoms with E-state index in [1.807, 2.05) is 24.3 Å². The van der Waals surface area contributed by atoms with Gasteiger partial charge in [-0.15, -0.1) is 12.6 Å². The van der Waals surface area contributed by atoms with E-state index in [2.05, 4.69) is 17.6 Å². The summed E-state index contributed by atoms with van der Waals surface area (Å²) in [7, 11) is 0. The van der Waals surface area contributed by atoms with Crippen LogP contribution in [0.2, 0.25) is 0 Å². The lowest BCUT2D eigenvalue weighted by Gasteiger charge is -1.98. The Labute approximate surface area is 86.5 Å². The molecule has 0 bridgehead atoms. The average Bonchev–Trinajstić information content (AvgIpc) is 2.59. The van der Waals surface area contributed by atoms with Gasteiger partial charge in [0.1, 0.15) is 11.4 Å². The van der Waals surface area contributed by atoms with Gasteiger partial charge < -0.3 is 4.42 Å². The van der Waals surface area contributed by atoms with Crippen LogP contribution in [-0.2, 0) is 4.79 Å². The minimum Gasteiger partial charge on any atom is -0.440 e. The lowest BCUT2D eigenvalue weighted by Crippen LogP contribution is -2.01. The third-order valence-corrected chi connectivity index (χ3v) is 2.44. The maximum absolute atomic E-state index is 11.0. The molecule has 2 rings (SSSR count). The van der Waals surface area contributed by atoms with Crippen molar-refractivity contribution in [3.63, 3.8) is 0 Å². The zero-order valence-electron chi connectivity index (χ0n) is 7.60. The third-order valence-electron chi connectivity index (χ3n) is 2.05. The van der Waals surface area contributed by atoms with Gasteiger partial charge in [0, 0.05) is 0 Å². The minimum atomic E-state index is -0.397. The molecule has 72 valence electrons. The Morgan fingerprint density at radius 1 is 1.50 bits per heavy atom. The molecular weight excluding hydrogens is 198 g/mol. The monoisotopic (exact) mass is 207 g/mol. The predicted octanol–water partition coefficient (Wildman–Crippen LogP) is 2.39. The van der Waals surface area contributed by atoms with Gasteiger partial charge in [-0.05, 0) is 19.1 Å². The number of benzene rings is 1. The Kier molecular flexibility index (Phi) is 2.29. The van der Waals surface area contributed by atoms with E-state index < -0.39 is 5.92 Å². The summed E-state index contributed by atoms with van der Waals surface area (Å²) in [6, 6.07) is 7.41. The summed E-state index contributed by atoms with van der Waals surface area (Å²) in [5, 5.41) is -0.239. The van der Waals surface area contributed by atoms with E-state index in [0.717, 1.165) is 5.52 Å². The molecule has 2 aromatic rings. The molecule has 0 fully saturated rings. The summed E-state index contributed by atoms with van der Waals surface area (Å²) in [5.74, 6) is 0.0249. The first-order valence-electron chi connectivity index (χ1n) is 4.27. The molecular formula is C10H9NO2S. The molecule has 0 radical (unpaired) electrons. The first kappa shape index (κ1) is 9.27. The molecule has 1 heterocycles. The van der Waals surface area contributed by atoms with Crippen LogP contribution in [-0.4, -0.2) is 10.1 Å². The van der Waals surface area contributed by atoms with Gasteiger partial charge in [-0.25, -0.2) is 4.98 Å². The Morgan fingerprint density at radius 3 is 2.86 bits per heavy atom. The Hall–Kier alpha value is -1.29. The van der Waals surface area contributed by atoms with Gasteiger partial charge in [0.05, 0.1) is 0 Å². The van der Waals surface area contributed by atoms with Crippen LogP contribution >= 0.6 is 12.6 Å². The van der Waals surface area contributed by atoms with Crippen molar-refractivity contribution in [2.45, 2.75) is 12.8 Å². The number of nitrogens with zero attached hydrogens (tertiary/aromatic N) is 1. The molecule has 0 aliphatic heterocycles. The van der Waals surface area contributed by atoms with Crippen molar-refractivity contribution in [2.75, 3.05) is 0 Å².